The number of sulfonamides is 1. The Bertz CT molecular complexity index is 1090. The third-order valence-corrected chi connectivity index (χ3v) is 5.46. The molecule has 29 heavy (non-hydrogen) atoms. The van der Waals surface area contributed by atoms with Crippen LogP contribution in [-0.4, -0.2) is 33.3 Å². The fourth-order valence-corrected chi connectivity index (χ4v) is 3.81. The summed E-state index contributed by atoms with van der Waals surface area (Å²) in [6, 6.07) is 15.1. The van der Waals surface area contributed by atoms with Crippen molar-refractivity contribution in [1.29, 1.82) is 0 Å². The molecule has 9 heteroatoms. The molecule has 0 bridgehead atoms. The second kappa shape index (κ2) is 8.89. The van der Waals surface area contributed by atoms with Crippen LogP contribution >= 0.6 is 0 Å². The van der Waals surface area contributed by atoms with E-state index in [0.29, 0.717) is 5.56 Å². The van der Waals surface area contributed by atoms with Gasteiger partial charge in [-0.15, -0.1) is 0 Å². The van der Waals surface area contributed by atoms with Gasteiger partial charge in [-0.1, -0.05) is 35.5 Å². The van der Waals surface area contributed by atoms with Gasteiger partial charge in [-0.2, -0.15) is 0 Å². The summed E-state index contributed by atoms with van der Waals surface area (Å²) in [4.78, 5) is 11.7. The average molecular weight is 416 g/mol. The molecule has 152 valence electrons. The number of ether oxygens (including phenoxy) is 2. The van der Waals surface area contributed by atoms with Crippen LogP contribution in [0.5, 0.6) is 5.75 Å². The van der Waals surface area contributed by atoms with Gasteiger partial charge >= 0.3 is 5.97 Å². The Morgan fingerprint density at radius 1 is 1.14 bits per heavy atom. The number of nitrogens with zero attached hydrogens (tertiary/aromatic N) is 1. The van der Waals surface area contributed by atoms with Crippen molar-refractivity contribution in [2.75, 3.05) is 13.7 Å². The minimum atomic E-state index is -3.88. The summed E-state index contributed by atoms with van der Waals surface area (Å²) in [6.07, 6.45) is 0. The van der Waals surface area contributed by atoms with Crippen LogP contribution in [0.4, 0.5) is 0 Å². The van der Waals surface area contributed by atoms with Crippen molar-refractivity contribution in [2.45, 2.75) is 18.4 Å². The van der Waals surface area contributed by atoms with E-state index < -0.39 is 16.0 Å². The predicted molar refractivity (Wildman–Crippen MR) is 105 cm³/mol. The fourth-order valence-electron chi connectivity index (χ4n) is 2.60. The van der Waals surface area contributed by atoms with E-state index >= 15 is 0 Å². The number of carbonyl (C=O) groups is 1. The Balaban J connectivity index is 1.90. The zero-order valence-corrected chi connectivity index (χ0v) is 16.7. The number of esters is 1. The molecule has 0 unspecified atom stereocenters. The first kappa shape index (κ1) is 20.6. The normalized spacial score (nSPS) is 11.2. The van der Waals surface area contributed by atoms with Gasteiger partial charge in [-0.3, -0.25) is 0 Å². The van der Waals surface area contributed by atoms with E-state index in [9.17, 15) is 13.2 Å². The molecule has 0 aliphatic heterocycles. The average Bonchev–Trinajstić information content (AvgIpc) is 3.23. The zero-order valence-electron chi connectivity index (χ0n) is 15.9. The largest absolute Gasteiger partial charge is 0.495 e. The predicted octanol–water partition coefficient (Wildman–Crippen LogP) is 3.01. The Kier molecular flexibility index (Phi) is 6.30. The van der Waals surface area contributed by atoms with Crippen LogP contribution < -0.4 is 9.46 Å². The van der Waals surface area contributed by atoms with E-state index in [0.717, 1.165) is 5.56 Å². The van der Waals surface area contributed by atoms with Gasteiger partial charge in [0.15, 0.2) is 11.5 Å². The highest BCUT2D eigenvalue weighted by Gasteiger charge is 2.22. The van der Waals surface area contributed by atoms with Crippen LogP contribution in [0.3, 0.4) is 0 Å². The van der Waals surface area contributed by atoms with Gasteiger partial charge in [0.1, 0.15) is 10.6 Å². The molecule has 0 fully saturated rings. The molecular weight excluding hydrogens is 396 g/mol. The quantitative estimate of drug-likeness (QED) is 0.562. The van der Waals surface area contributed by atoms with Crippen molar-refractivity contribution < 1.29 is 27.2 Å². The second-order valence-electron chi connectivity index (χ2n) is 5.97. The van der Waals surface area contributed by atoms with E-state index in [4.69, 9.17) is 14.0 Å². The lowest BCUT2D eigenvalue weighted by Gasteiger charge is -2.12. The number of rotatable bonds is 8. The lowest BCUT2D eigenvalue weighted by atomic mass is 10.1. The summed E-state index contributed by atoms with van der Waals surface area (Å²) in [5.74, 6) is -0.206. The van der Waals surface area contributed by atoms with Gasteiger partial charge in [0.25, 0.3) is 0 Å². The number of benzene rings is 2. The monoisotopic (exact) mass is 416 g/mol. The minimum Gasteiger partial charge on any atom is -0.495 e. The summed E-state index contributed by atoms with van der Waals surface area (Å²) < 4.78 is 43.5. The molecule has 0 aliphatic carbocycles. The molecule has 1 aromatic heterocycles. The first-order chi connectivity index (χ1) is 13.9. The van der Waals surface area contributed by atoms with Crippen molar-refractivity contribution in [3.63, 3.8) is 0 Å². The van der Waals surface area contributed by atoms with Crippen LogP contribution in [0.25, 0.3) is 11.3 Å². The van der Waals surface area contributed by atoms with Gasteiger partial charge in [-0.05, 0) is 30.7 Å². The Morgan fingerprint density at radius 2 is 1.90 bits per heavy atom. The summed E-state index contributed by atoms with van der Waals surface area (Å²) in [7, 11) is -2.49. The number of carbonyl (C=O) groups excluding carboxylic acids is 1. The number of hydrogen-bond acceptors (Lipinski definition) is 7. The molecule has 1 heterocycles. The Morgan fingerprint density at radius 3 is 2.59 bits per heavy atom. The molecule has 0 radical (unpaired) electrons. The molecule has 0 saturated heterocycles. The Labute approximate surface area is 168 Å². The van der Waals surface area contributed by atoms with Gasteiger partial charge in [-0.25, -0.2) is 17.9 Å². The summed E-state index contributed by atoms with van der Waals surface area (Å²) in [5.41, 5.74) is 1.25. The standard InChI is InChI=1S/C20H20N2O6S/c1-3-27-20(23)16-12-18(28-22-16)15-9-10-17(26-2)19(11-15)29(24,25)21-13-14-7-5-4-6-8-14/h4-12,21H,3,13H2,1-2H3. The molecule has 2 aromatic carbocycles. The van der Waals surface area contributed by atoms with Crippen molar-refractivity contribution in [2.24, 2.45) is 0 Å². The van der Waals surface area contributed by atoms with Crippen LogP contribution in [-0.2, 0) is 21.3 Å². The zero-order chi connectivity index (χ0) is 20.9. The molecule has 3 aromatic rings. The first-order valence-corrected chi connectivity index (χ1v) is 10.3. The van der Waals surface area contributed by atoms with Gasteiger partial charge < -0.3 is 14.0 Å². The molecule has 8 nitrogen and oxygen atoms in total. The van der Waals surface area contributed by atoms with Crippen LogP contribution in [0, 0.1) is 0 Å². The lowest BCUT2D eigenvalue weighted by Crippen LogP contribution is -2.23. The number of methoxy groups -OCH3 is 1. The van der Waals surface area contributed by atoms with Gasteiger partial charge in [0.2, 0.25) is 10.0 Å². The molecule has 3 rings (SSSR count). The molecular formula is C20H20N2O6S. The van der Waals surface area contributed by atoms with E-state index in [1.807, 2.05) is 30.3 Å². The van der Waals surface area contributed by atoms with Crippen molar-refractivity contribution in [1.82, 2.24) is 9.88 Å². The van der Waals surface area contributed by atoms with Gasteiger partial charge in [0.05, 0.1) is 13.7 Å². The maximum Gasteiger partial charge on any atom is 0.360 e. The summed E-state index contributed by atoms with van der Waals surface area (Å²) in [5, 5.41) is 3.68. The SMILES string of the molecule is CCOC(=O)c1cc(-c2ccc(OC)c(S(=O)(=O)NCc3ccccc3)c2)on1. The van der Waals surface area contributed by atoms with E-state index in [-0.39, 0.29) is 35.3 Å². The molecule has 0 spiro atoms. The van der Waals surface area contributed by atoms with Crippen LogP contribution in [0.15, 0.2) is 64.0 Å². The molecule has 0 saturated carbocycles. The molecule has 0 aliphatic rings. The number of aromatic nitrogens is 1. The number of hydrogen-bond donors (Lipinski definition) is 1. The van der Waals surface area contributed by atoms with Crippen molar-refractivity contribution in [3.05, 3.63) is 65.9 Å². The van der Waals surface area contributed by atoms with Crippen LogP contribution in [0.2, 0.25) is 0 Å². The number of nitrogens with one attached hydrogen (secondary N) is 1. The highest BCUT2D eigenvalue weighted by Crippen LogP contribution is 2.30. The lowest BCUT2D eigenvalue weighted by molar-refractivity contribution is 0.0514. The van der Waals surface area contributed by atoms with Crippen LogP contribution in [0.1, 0.15) is 23.0 Å². The highest BCUT2D eigenvalue weighted by molar-refractivity contribution is 7.89. The van der Waals surface area contributed by atoms with E-state index in [2.05, 4.69) is 9.88 Å². The fraction of sp³-hybridized carbons (Fsp3) is 0.200. The third-order valence-electron chi connectivity index (χ3n) is 4.04. The maximum absolute atomic E-state index is 12.9. The molecule has 1 N–H and O–H groups in total. The molecule has 0 atom stereocenters. The second-order valence-corrected chi connectivity index (χ2v) is 7.71. The van der Waals surface area contributed by atoms with Crippen molar-refractivity contribution >= 4 is 16.0 Å². The third kappa shape index (κ3) is 4.82. The van der Waals surface area contributed by atoms with E-state index in [1.54, 1.807) is 13.0 Å². The smallest absolute Gasteiger partial charge is 0.360 e. The Hall–Kier alpha value is -3.17. The topological polar surface area (TPSA) is 108 Å². The first-order valence-electron chi connectivity index (χ1n) is 8.80. The highest BCUT2D eigenvalue weighted by atomic mass is 32.2. The van der Waals surface area contributed by atoms with Gasteiger partial charge in [0, 0.05) is 18.2 Å². The maximum atomic E-state index is 12.9. The summed E-state index contributed by atoms with van der Waals surface area (Å²) in [6.45, 7) is 2.02. The summed E-state index contributed by atoms with van der Waals surface area (Å²) >= 11 is 0. The van der Waals surface area contributed by atoms with E-state index in [1.165, 1.54) is 25.3 Å². The van der Waals surface area contributed by atoms with Crippen molar-refractivity contribution in [3.8, 4) is 17.1 Å². The minimum absolute atomic E-state index is 0.00396. The molecule has 0 amide bonds.